The standard InChI is InChI=1S/2C10H21N/c1-7(2)9-4-8(3)5-10(11)6-9;1-7(2)9-4-5-10(11)8(3)6-9/h2*7-10H,4-6,11H2,1-3H3/t2*8?,9-,10-/m10/s1. The first kappa shape index (κ1) is 20.0. The number of hydrogen-bond acceptors (Lipinski definition) is 2. The van der Waals surface area contributed by atoms with E-state index >= 15 is 0 Å². The van der Waals surface area contributed by atoms with Crippen molar-refractivity contribution in [2.45, 2.75) is 92.2 Å². The van der Waals surface area contributed by atoms with Crippen LogP contribution in [0.5, 0.6) is 0 Å². The molecule has 0 amide bonds. The van der Waals surface area contributed by atoms with E-state index in [-0.39, 0.29) is 0 Å². The molecule has 2 fully saturated rings. The summed E-state index contributed by atoms with van der Waals surface area (Å²) in [6.07, 6.45) is 7.82. The van der Waals surface area contributed by atoms with Crippen molar-refractivity contribution in [3.05, 3.63) is 0 Å². The summed E-state index contributed by atoms with van der Waals surface area (Å²) in [5.41, 5.74) is 11.9. The van der Waals surface area contributed by atoms with Crippen molar-refractivity contribution >= 4 is 0 Å². The molecular formula is C20H42N2. The topological polar surface area (TPSA) is 52.0 Å². The number of hydrogen-bond donors (Lipinski definition) is 2. The van der Waals surface area contributed by atoms with Crippen LogP contribution in [-0.4, -0.2) is 12.1 Å². The summed E-state index contributed by atoms with van der Waals surface area (Å²) in [4.78, 5) is 0. The zero-order valence-electron chi connectivity index (χ0n) is 16.0. The van der Waals surface area contributed by atoms with Gasteiger partial charge in [-0.05, 0) is 74.0 Å². The first-order valence-electron chi connectivity index (χ1n) is 9.71. The van der Waals surface area contributed by atoms with E-state index in [0.717, 1.165) is 35.5 Å². The van der Waals surface area contributed by atoms with E-state index in [1.807, 2.05) is 0 Å². The normalized spacial score (nSPS) is 39.5. The largest absolute Gasteiger partial charge is 0.328 e. The van der Waals surface area contributed by atoms with Crippen LogP contribution in [0.1, 0.15) is 80.1 Å². The Morgan fingerprint density at radius 3 is 1.77 bits per heavy atom. The van der Waals surface area contributed by atoms with Gasteiger partial charge in [-0.3, -0.25) is 0 Å². The summed E-state index contributed by atoms with van der Waals surface area (Å²) in [5, 5.41) is 0. The molecule has 2 aliphatic rings. The highest BCUT2D eigenvalue weighted by atomic mass is 14.7. The minimum Gasteiger partial charge on any atom is -0.328 e. The molecule has 2 rings (SSSR count). The van der Waals surface area contributed by atoms with Crippen LogP contribution < -0.4 is 11.5 Å². The molecule has 4 N–H and O–H groups in total. The van der Waals surface area contributed by atoms with Crippen molar-refractivity contribution < 1.29 is 0 Å². The van der Waals surface area contributed by atoms with E-state index in [1.54, 1.807) is 0 Å². The smallest absolute Gasteiger partial charge is 0.00647 e. The minimum absolute atomic E-state index is 0.477. The molecule has 0 heterocycles. The van der Waals surface area contributed by atoms with E-state index in [1.165, 1.54) is 38.5 Å². The Hall–Kier alpha value is -0.0800. The Balaban J connectivity index is 0.000000220. The van der Waals surface area contributed by atoms with Gasteiger partial charge in [0.1, 0.15) is 0 Å². The summed E-state index contributed by atoms with van der Waals surface area (Å²) in [5.74, 6) is 5.09. The number of nitrogens with two attached hydrogens (primary N) is 2. The number of rotatable bonds is 2. The second-order valence-electron chi connectivity index (χ2n) is 9.03. The summed E-state index contributed by atoms with van der Waals surface area (Å²) < 4.78 is 0. The Kier molecular flexibility index (Phi) is 8.42. The predicted octanol–water partition coefficient (Wildman–Crippen LogP) is 4.81. The Morgan fingerprint density at radius 2 is 1.32 bits per heavy atom. The van der Waals surface area contributed by atoms with Gasteiger partial charge in [-0.15, -0.1) is 0 Å². The molecule has 22 heavy (non-hydrogen) atoms. The monoisotopic (exact) mass is 310 g/mol. The third-order valence-electron chi connectivity index (χ3n) is 6.18. The molecule has 2 unspecified atom stereocenters. The summed E-state index contributed by atoms with van der Waals surface area (Å²) in [7, 11) is 0. The average molecular weight is 311 g/mol. The van der Waals surface area contributed by atoms with Crippen LogP contribution in [0.4, 0.5) is 0 Å². The van der Waals surface area contributed by atoms with E-state index in [0.29, 0.717) is 12.1 Å². The third-order valence-corrected chi connectivity index (χ3v) is 6.18. The van der Waals surface area contributed by atoms with Crippen LogP contribution in [-0.2, 0) is 0 Å². The molecule has 0 aromatic heterocycles. The van der Waals surface area contributed by atoms with Crippen molar-refractivity contribution in [3.63, 3.8) is 0 Å². The van der Waals surface area contributed by atoms with Gasteiger partial charge in [-0.1, -0.05) is 41.5 Å². The molecule has 132 valence electrons. The molecule has 0 radical (unpaired) electrons. The van der Waals surface area contributed by atoms with Gasteiger partial charge in [0.05, 0.1) is 0 Å². The van der Waals surface area contributed by atoms with Gasteiger partial charge in [0.25, 0.3) is 0 Å². The molecule has 6 atom stereocenters. The molecule has 2 saturated carbocycles. The lowest BCUT2D eigenvalue weighted by Crippen LogP contribution is -2.35. The molecule has 2 nitrogen and oxygen atoms in total. The molecule has 0 saturated heterocycles. The molecule has 2 heteroatoms. The maximum atomic E-state index is 5.95. The highest BCUT2D eigenvalue weighted by Crippen LogP contribution is 2.33. The Labute approximate surface area is 139 Å². The average Bonchev–Trinajstić information content (AvgIpc) is 2.41. The second-order valence-corrected chi connectivity index (χ2v) is 9.03. The third kappa shape index (κ3) is 6.58. The fourth-order valence-corrected chi connectivity index (χ4v) is 4.32. The lowest BCUT2D eigenvalue weighted by atomic mass is 9.75. The van der Waals surface area contributed by atoms with Crippen LogP contribution in [0, 0.1) is 35.5 Å². The summed E-state index contributed by atoms with van der Waals surface area (Å²) in [6, 6.07) is 0.955. The quantitative estimate of drug-likeness (QED) is 0.769. The van der Waals surface area contributed by atoms with Crippen LogP contribution in [0.2, 0.25) is 0 Å². The zero-order chi connectivity index (χ0) is 16.9. The van der Waals surface area contributed by atoms with Gasteiger partial charge in [0.2, 0.25) is 0 Å². The lowest BCUT2D eigenvalue weighted by Gasteiger charge is -2.33. The lowest BCUT2D eigenvalue weighted by molar-refractivity contribution is 0.202. The van der Waals surface area contributed by atoms with Gasteiger partial charge < -0.3 is 11.5 Å². The van der Waals surface area contributed by atoms with E-state index in [4.69, 9.17) is 11.5 Å². The summed E-state index contributed by atoms with van der Waals surface area (Å²) in [6.45, 7) is 13.9. The first-order valence-corrected chi connectivity index (χ1v) is 9.71. The fourth-order valence-electron chi connectivity index (χ4n) is 4.32. The van der Waals surface area contributed by atoms with Gasteiger partial charge in [0, 0.05) is 12.1 Å². The highest BCUT2D eigenvalue weighted by molar-refractivity contribution is 4.81. The van der Waals surface area contributed by atoms with Crippen LogP contribution in [0.15, 0.2) is 0 Å². The van der Waals surface area contributed by atoms with Gasteiger partial charge >= 0.3 is 0 Å². The van der Waals surface area contributed by atoms with Gasteiger partial charge in [-0.25, -0.2) is 0 Å². The highest BCUT2D eigenvalue weighted by Gasteiger charge is 2.26. The van der Waals surface area contributed by atoms with Crippen molar-refractivity contribution in [3.8, 4) is 0 Å². The molecular weight excluding hydrogens is 268 g/mol. The van der Waals surface area contributed by atoms with Crippen molar-refractivity contribution in [2.24, 2.45) is 47.0 Å². The molecule has 0 aromatic carbocycles. The fraction of sp³-hybridized carbons (Fsp3) is 1.00. The van der Waals surface area contributed by atoms with Gasteiger partial charge in [0.15, 0.2) is 0 Å². The molecule has 0 aromatic rings. The van der Waals surface area contributed by atoms with Crippen molar-refractivity contribution in [1.82, 2.24) is 0 Å². The van der Waals surface area contributed by atoms with E-state index < -0.39 is 0 Å². The van der Waals surface area contributed by atoms with Crippen LogP contribution in [0.25, 0.3) is 0 Å². The SMILES string of the molecule is CC(C)[C@H]1CC[C@H](N)C(C)C1.CC1C[C@@H](N)C[C@H](C(C)C)C1. The Morgan fingerprint density at radius 1 is 0.727 bits per heavy atom. The van der Waals surface area contributed by atoms with E-state index in [9.17, 15) is 0 Å². The Bertz CT molecular complexity index is 290. The summed E-state index contributed by atoms with van der Waals surface area (Å²) >= 11 is 0. The van der Waals surface area contributed by atoms with Crippen LogP contribution in [0.3, 0.4) is 0 Å². The minimum atomic E-state index is 0.477. The molecule has 2 aliphatic carbocycles. The maximum Gasteiger partial charge on any atom is 0.00647 e. The van der Waals surface area contributed by atoms with Crippen LogP contribution >= 0.6 is 0 Å². The molecule has 0 bridgehead atoms. The van der Waals surface area contributed by atoms with Crippen molar-refractivity contribution in [2.75, 3.05) is 0 Å². The van der Waals surface area contributed by atoms with E-state index in [2.05, 4.69) is 41.5 Å². The van der Waals surface area contributed by atoms with Gasteiger partial charge in [-0.2, -0.15) is 0 Å². The second kappa shape index (κ2) is 9.27. The van der Waals surface area contributed by atoms with Crippen molar-refractivity contribution in [1.29, 1.82) is 0 Å². The first-order chi connectivity index (χ1) is 10.2. The molecule has 0 aliphatic heterocycles. The molecule has 0 spiro atoms. The predicted molar refractivity (Wildman–Crippen MR) is 98.6 cm³/mol. The maximum absolute atomic E-state index is 5.95. The zero-order valence-corrected chi connectivity index (χ0v) is 16.0.